The van der Waals surface area contributed by atoms with Gasteiger partial charge in [-0.1, -0.05) is 15.9 Å². The molecule has 1 aromatic rings. The van der Waals surface area contributed by atoms with Gasteiger partial charge in [-0.25, -0.2) is 0 Å². The van der Waals surface area contributed by atoms with Crippen molar-refractivity contribution in [3.05, 3.63) is 28.2 Å². The summed E-state index contributed by atoms with van der Waals surface area (Å²) in [5.74, 6) is 0.963. The highest BCUT2D eigenvalue weighted by Crippen LogP contribution is 2.27. The molecular formula is C14H18BrNO2S. The Bertz CT molecular complexity index is 461. The molecule has 1 aliphatic rings. The molecule has 2 N–H and O–H groups in total. The summed E-state index contributed by atoms with van der Waals surface area (Å²) in [6.07, 6.45) is 1.49. The first-order valence-corrected chi connectivity index (χ1v) is 8.16. The van der Waals surface area contributed by atoms with E-state index in [4.69, 9.17) is 5.11 Å². The maximum absolute atomic E-state index is 11.7. The third-order valence-corrected chi connectivity index (χ3v) is 4.96. The highest BCUT2D eigenvalue weighted by atomic mass is 79.9. The fourth-order valence-electron chi connectivity index (χ4n) is 2.09. The van der Waals surface area contributed by atoms with E-state index in [-0.39, 0.29) is 12.0 Å². The number of carbonyl (C=O) groups is 1. The molecule has 0 spiro atoms. The van der Waals surface area contributed by atoms with Crippen LogP contribution in [0.2, 0.25) is 0 Å². The van der Waals surface area contributed by atoms with Crippen molar-refractivity contribution in [2.45, 2.75) is 30.8 Å². The zero-order valence-corrected chi connectivity index (χ0v) is 13.3. The molecule has 0 aliphatic heterocycles. The Morgan fingerprint density at radius 3 is 2.89 bits per heavy atom. The molecule has 1 aliphatic carbocycles. The first-order chi connectivity index (χ1) is 9.04. The number of hydrogen-bond donors (Lipinski definition) is 2. The van der Waals surface area contributed by atoms with E-state index in [0.717, 1.165) is 22.2 Å². The molecule has 104 valence electrons. The Morgan fingerprint density at radius 2 is 2.26 bits per heavy atom. The number of amides is 1. The van der Waals surface area contributed by atoms with Crippen LogP contribution in [0.15, 0.2) is 27.6 Å². The van der Waals surface area contributed by atoms with Gasteiger partial charge in [-0.2, -0.15) is 0 Å². The SMILES string of the molecule is Cc1cc(Br)ccc1SCC(=O)NCC1CC(O)C1. The Balaban J connectivity index is 1.71. The summed E-state index contributed by atoms with van der Waals surface area (Å²) in [6, 6.07) is 6.07. The number of benzene rings is 1. The van der Waals surface area contributed by atoms with Crippen molar-refractivity contribution >= 4 is 33.6 Å². The molecular weight excluding hydrogens is 326 g/mol. The molecule has 19 heavy (non-hydrogen) atoms. The van der Waals surface area contributed by atoms with Gasteiger partial charge in [-0.05, 0) is 49.4 Å². The molecule has 2 rings (SSSR count). The summed E-state index contributed by atoms with van der Waals surface area (Å²) in [4.78, 5) is 12.9. The van der Waals surface area contributed by atoms with Gasteiger partial charge in [-0.3, -0.25) is 4.79 Å². The number of hydrogen-bond acceptors (Lipinski definition) is 3. The largest absolute Gasteiger partial charge is 0.393 e. The maximum Gasteiger partial charge on any atom is 0.230 e. The fourth-order valence-corrected chi connectivity index (χ4v) is 3.41. The van der Waals surface area contributed by atoms with E-state index in [1.165, 1.54) is 5.56 Å². The fraction of sp³-hybridized carbons (Fsp3) is 0.500. The second kappa shape index (κ2) is 6.77. The number of nitrogens with one attached hydrogen (secondary N) is 1. The Labute approximate surface area is 126 Å². The topological polar surface area (TPSA) is 49.3 Å². The summed E-state index contributed by atoms with van der Waals surface area (Å²) < 4.78 is 1.06. The molecule has 0 atom stereocenters. The van der Waals surface area contributed by atoms with Crippen LogP contribution in [0.4, 0.5) is 0 Å². The van der Waals surface area contributed by atoms with E-state index in [2.05, 4.69) is 27.3 Å². The lowest BCUT2D eigenvalue weighted by molar-refractivity contribution is -0.119. The monoisotopic (exact) mass is 343 g/mol. The molecule has 0 unspecified atom stereocenters. The lowest BCUT2D eigenvalue weighted by atomic mass is 9.82. The first kappa shape index (κ1) is 14.9. The number of aliphatic hydroxyl groups is 1. The number of rotatable bonds is 5. The molecule has 0 bridgehead atoms. The lowest BCUT2D eigenvalue weighted by Gasteiger charge is -2.31. The molecule has 3 nitrogen and oxygen atoms in total. The van der Waals surface area contributed by atoms with E-state index >= 15 is 0 Å². The summed E-state index contributed by atoms with van der Waals surface area (Å²) in [6.45, 7) is 2.73. The van der Waals surface area contributed by atoms with Crippen LogP contribution in [0.25, 0.3) is 0 Å². The zero-order chi connectivity index (χ0) is 13.8. The number of halogens is 1. The molecule has 1 fully saturated rings. The summed E-state index contributed by atoms with van der Waals surface area (Å²) in [5, 5.41) is 12.1. The van der Waals surface area contributed by atoms with Crippen LogP contribution in [0, 0.1) is 12.8 Å². The number of aryl methyl sites for hydroxylation is 1. The predicted molar refractivity (Wildman–Crippen MR) is 81.3 cm³/mol. The van der Waals surface area contributed by atoms with E-state index < -0.39 is 0 Å². The smallest absolute Gasteiger partial charge is 0.230 e. The summed E-state index contributed by atoms with van der Waals surface area (Å²) in [5.41, 5.74) is 1.18. The van der Waals surface area contributed by atoms with Crippen LogP contribution < -0.4 is 5.32 Å². The van der Waals surface area contributed by atoms with Crippen LogP contribution >= 0.6 is 27.7 Å². The van der Waals surface area contributed by atoms with Crippen molar-refractivity contribution in [3.8, 4) is 0 Å². The third-order valence-electron chi connectivity index (χ3n) is 3.29. The molecule has 1 aromatic carbocycles. The van der Waals surface area contributed by atoms with Gasteiger partial charge in [0.2, 0.25) is 5.91 Å². The van der Waals surface area contributed by atoms with E-state index in [9.17, 15) is 4.79 Å². The van der Waals surface area contributed by atoms with Gasteiger partial charge in [0.1, 0.15) is 0 Å². The highest BCUT2D eigenvalue weighted by Gasteiger charge is 2.27. The maximum atomic E-state index is 11.7. The average molecular weight is 344 g/mol. The van der Waals surface area contributed by atoms with Crippen LogP contribution in [-0.2, 0) is 4.79 Å². The van der Waals surface area contributed by atoms with Gasteiger partial charge in [0, 0.05) is 15.9 Å². The van der Waals surface area contributed by atoms with E-state index in [0.29, 0.717) is 18.2 Å². The zero-order valence-electron chi connectivity index (χ0n) is 10.9. The average Bonchev–Trinajstić information content (AvgIpc) is 2.32. The normalized spacial score (nSPS) is 21.8. The van der Waals surface area contributed by atoms with E-state index in [1.807, 2.05) is 19.1 Å². The molecule has 5 heteroatoms. The van der Waals surface area contributed by atoms with Gasteiger partial charge in [0.25, 0.3) is 0 Å². The Hall–Kier alpha value is -0.520. The summed E-state index contributed by atoms with van der Waals surface area (Å²) in [7, 11) is 0. The molecule has 0 saturated heterocycles. The summed E-state index contributed by atoms with van der Waals surface area (Å²) >= 11 is 4.99. The van der Waals surface area contributed by atoms with E-state index in [1.54, 1.807) is 11.8 Å². The van der Waals surface area contributed by atoms with Crippen LogP contribution in [0.1, 0.15) is 18.4 Å². The van der Waals surface area contributed by atoms with Gasteiger partial charge in [-0.15, -0.1) is 11.8 Å². The predicted octanol–water partition coefficient (Wildman–Crippen LogP) is 2.74. The van der Waals surface area contributed by atoms with Crippen molar-refractivity contribution in [3.63, 3.8) is 0 Å². The Kier molecular flexibility index (Phi) is 5.30. The number of aliphatic hydroxyl groups excluding tert-OH is 1. The molecule has 0 aromatic heterocycles. The van der Waals surface area contributed by atoms with Crippen LogP contribution in [0.3, 0.4) is 0 Å². The number of carbonyl (C=O) groups excluding carboxylic acids is 1. The molecule has 0 heterocycles. The van der Waals surface area contributed by atoms with Crippen molar-refractivity contribution in [1.82, 2.24) is 5.32 Å². The lowest BCUT2D eigenvalue weighted by Crippen LogP contribution is -2.38. The second-order valence-corrected chi connectivity index (χ2v) is 6.93. The van der Waals surface area contributed by atoms with Crippen molar-refractivity contribution in [1.29, 1.82) is 0 Å². The van der Waals surface area contributed by atoms with Gasteiger partial charge in [0.15, 0.2) is 0 Å². The molecule has 1 amide bonds. The third kappa shape index (κ3) is 4.51. The van der Waals surface area contributed by atoms with Gasteiger partial charge < -0.3 is 10.4 Å². The second-order valence-electron chi connectivity index (χ2n) is 4.99. The quantitative estimate of drug-likeness (QED) is 0.808. The standard InChI is InChI=1S/C14H18BrNO2S/c1-9-4-11(15)2-3-13(9)19-8-14(18)16-7-10-5-12(17)6-10/h2-4,10,12,17H,5-8H2,1H3,(H,16,18). The Morgan fingerprint density at radius 1 is 1.53 bits per heavy atom. The minimum Gasteiger partial charge on any atom is -0.393 e. The highest BCUT2D eigenvalue weighted by molar-refractivity contribution is 9.10. The van der Waals surface area contributed by atoms with Crippen LogP contribution in [-0.4, -0.2) is 29.4 Å². The minimum atomic E-state index is -0.151. The van der Waals surface area contributed by atoms with Gasteiger partial charge >= 0.3 is 0 Å². The molecule has 0 radical (unpaired) electrons. The van der Waals surface area contributed by atoms with Crippen molar-refractivity contribution < 1.29 is 9.90 Å². The van der Waals surface area contributed by atoms with Crippen LogP contribution in [0.5, 0.6) is 0 Å². The van der Waals surface area contributed by atoms with Gasteiger partial charge in [0.05, 0.1) is 11.9 Å². The number of thioether (sulfide) groups is 1. The first-order valence-electron chi connectivity index (χ1n) is 6.38. The minimum absolute atomic E-state index is 0.0636. The van der Waals surface area contributed by atoms with Crippen molar-refractivity contribution in [2.24, 2.45) is 5.92 Å². The van der Waals surface area contributed by atoms with Crippen molar-refractivity contribution in [2.75, 3.05) is 12.3 Å². The molecule has 1 saturated carbocycles.